The molecule has 31 heavy (non-hydrogen) atoms. The lowest BCUT2D eigenvalue weighted by Crippen LogP contribution is -2.32. The van der Waals surface area contributed by atoms with Gasteiger partial charge in [0, 0.05) is 12.5 Å². The van der Waals surface area contributed by atoms with E-state index < -0.39 is 18.0 Å². The van der Waals surface area contributed by atoms with Gasteiger partial charge in [-0.2, -0.15) is 0 Å². The molecular formula is C25H23NO5. The van der Waals surface area contributed by atoms with Crippen LogP contribution >= 0.6 is 0 Å². The Morgan fingerprint density at radius 2 is 1.52 bits per heavy atom. The van der Waals surface area contributed by atoms with E-state index in [4.69, 9.17) is 9.47 Å². The number of carboxylic acid groups (broad SMARTS) is 1. The Labute approximate surface area is 180 Å². The number of fused-ring (bicyclic) bond motifs is 3. The van der Waals surface area contributed by atoms with E-state index in [0.717, 1.165) is 22.3 Å². The van der Waals surface area contributed by atoms with Gasteiger partial charge < -0.3 is 19.9 Å². The first-order chi connectivity index (χ1) is 15.1. The fourth-order valence-electron chi connectivity index (χ4n) is 4.02. The maximum absolute atomic E-state index is 12.3. The number of amides is 1. The van der Waals surface area contributed by atoms with Crippen LogP contribution in [0, 0.1) is 0 Å². The predicted octanol–water partition coefficient (Wildman–Crippen LogP) is 4.40. The summed E-state index contributed by atoms with van der Waals surface area (Å²) in [5.41, 5.74) is 5.12. The van der Waals surface area contributed by atoms with Crippen molar-refractivity contribution in [1.29, 1.82) is 0 Å². The lowest BCUT2D eigenvalue weighted by molar-refractivity contribution is -0.138. The van der Waals surface area contributed by atoms with Crippen molar-refractivity contribution in [1.82, 2.24) is 5.32 Å². The summed E-state index contributed by atoms with van der Waals surface area (Å²) in [5, 5.41) is 12.2. The molecule has 4 rings (SSSR count). The topological polar surface area (TPSA) is 84.9 Å². The Kier molecular flexibility index (Phi) is 5.89. The zero-order valence-corrected chi connectivity index (χ0v) is 17.1. The molecule has 0 bridgehead atoms. The first kappa shape index (κ1) is 20.5. The largest absolute Gasteiger partial charge is 0.497 e. The van der Waals surface area contributed by atoms with Crippen LogP contribution in [0.2, 0.25) is 0 Å². The van der Waals surface area contributed by atoms with Gasteiger partial charge in [-0.3, -0.25) is 4.79 Å². The molecule has 0 heterocycles. The quantitative estimate of drug-likeness (QED) is 0.595. The molecule has 158 valence electrons. The average Bonchev–Trinajstić information content (AvgIpc) is 3.12. The van der Waals surface area contributed by atoms with Crippen LogP contribution in [0.5, 0.6) is 5.75 Å². The third kappa shape index (κ3) is 4.23. The molecule has 6 nitrogen and oxygen atoms in total. The highest BCUT2D eigenvalue weighted by Gasteiger charge is 2.29. The third-order valence-corrected chi connectivity index (χ3v) is 5.61. The SMILES string of the molecule is COc1ccc([C@@H](CNC(=O)OCC2c3ccccc3-c3ccccc32)C(=O)O)cc1. The Hall–Kier alpha value is -3.80. The molecule has 3 aromatic carbocycles. The van der Waals surface area contributed by atoms with Crippen LogP contribution in [-0.2, 0) is 9.53 Å². The lowest BCUT2D eigenvalue weighted by Gasteiger charge is -2.17. The van der Waals surface area contributed by atoms with E-state index >= 15 is 0 Å². The van der Waals surface area contributed by atoms with Gasteiger partial charge in [-0.15, -0.1) is 0 Å². The Morgan fingerprint density at radius 1 is 0.935 bits per heavy atom. The zero-order chi connectivity index (χ0) is 21.8. The summed E-state index contributed by atoms with van der Waals surface area (Å²) in [6.07, 6.45) is -0.637. The van der Waals surface area contributed by atoms with E-state index in [0.29, 0.717) is 11.3 Å². The molecular weight excluding hydrogens is 394 g/mol. The molecule has 0 radical (unpaired) electrons. The lowest BCUT2D eigenvalue weighted by atomic mass is 9.98. The van der Waals surface area contributed by atoms with E-state index in [-0.39, 0.29) is 19.1 Å². The van der Waals surface area contributed by atoms with E-state index in [1.54, 1.807) is 31.4 Å². The highest BCUT2D eigenvalue weighted by atomic mass is 16.5. The Morgan fingerprint density at radius 3 is 2.06 bits per heavy atom. The van der Waals surface area contributed by atoms with Gasteiger partial charge in [0.25, 0.3) is 0 Å². The second kappa shape index (κ2) is 8.92. The van der Waals surface area contributed by atoms with Crippen LogP contribution in [0.1, 0.15) is 28.5 Å². The van der Waals surface area contributed by atoms with Crippen LogP contribution in [-0.4, -0.2) is 37.4 Å². The normalized spacial score (nSPS) is 13.1. The van der Waals surface area contributed by atoms with Crippen LogP contribution < -0.4 is 10.1 Å². The number of hydrogen-bond acceptors (Lipinski definition) is 4. The summed E-state index contributed by atoms with van der Waals surface area (Å²) in [7, 11) is 1.54. The zero-order valence-electron chi connectivity index (χ0n) is 17.1. The molecule has 0 spiro atoms. The van der Waals surface area contributed by atoms with E-state index in [2.05, 4.69) is 17.4 Å². The second-order valence-corrected chi connectivity index (χ2v) is 7.37. The van der Waals surface area contributed by atoms with Crippen molar-refractivity contribution in [2.24, 2.45) is 0 Å². The van der Waals surface area contributed by atoms with E-state index in [1.165, 1.54) is 0 Å². The van der Waals surface area contributed by atoms with Gasteiger partial charge in [-0.05, 0) is 39.9 Å². The summed E-state index contributed by atoms with van der Waals surface area (Å²) in [6, 6.07) is 22.9. The molecule has 0 unspecified atom stereocenters. The molecule has 2 N–H and O–H groups in total. The van der Waals surface area contributed by atoms with Crippen molar-refractivity contribution in [3.05, 3.63) is 89.5 Å². The molecule has 1 atom stereocenters. The highest BCUT2D eigenvalue weighted by molar-refractivity contribution is 5.79. The number of ether oxygens (including phenoxy) is 2. The molecule has 1 amide bonds. The number of carbonyl (C=O) groups is 2. The number of nitrogens with one attached hydrogen (secondary N) is 1. The minimum absolute atomic E-state index is 0.0463. The standard InChI is InChI=1S/C25H23NO5/c1-30-17-12-10-16(11-13-17)22(24(27)28)14-26-25(29)31-15-23-20-8-4-2-6-18(20)19-7-3-5-9-21(19)23/h2-13,22-23H,14-15H2,1H3,(H,26,29)(H,27,28)/t22-/m1/s1. The van der Waals surface area contributed by atoms with Gasteiger partial charge in [-0.25, -0.2) is 4.79 Å². The molecule has 1 aliphatic carbocycles. The molecule has 0 saturated carbocycles. The van der Waals surface area contributed by atoms with E-state index in [1.807, 2.05) is 36.4 Å². The monoisotopic (exact) mass is 417 g/mol. The number of methoxy groups -OCH3 is 1. The second-order valence-electron chi connectivity index (χ2n) is 7.37. The predicted molar refractivity (Wildman–Crippen MR) is 116 cm³/mol. The van der Waals surface area contributed by atoms with E-state index in [9.17, 15) is 14.7 Å². The number of carboxylic acids is 1. The van der Waals surface area contributed by atoms with Gasteiger partial charge in [-0.1, -0.05) is 60.7 Å². The number of hydrogen-bond donors (Lipinski definition) is 2. The van der Waals surface area contributed by atoms with Crippen LogP contribution in [0.15, 0.2) is 72.8 Å². The molecule has 0 saturated heterocycles. The van der Waals surface area contributed by atoms with Crippen molar-refractivity contribution >= 4 is 12.1 Å². The Bertz CT molecular complexity index is 1050. The highest BCUT2D eigenvalue weighted by Crippen LogP contribution is 2.44. The maximum atomic E-state index is 12.3. The molecule has 3 aromatic rings. The van der Waals surface area contributed by atoms with Crippen LogP contribution in [0.25, 0.3) is 11.1 Å². The summed E-state index contributed by atoms with van der Waals surface area (Å²) in [6.45, 7) is 0.110. The summed E-state index contributed by atoms with van der Waals surface area (Å²) >= 11 is 0. The first-order valence-electron chi connectivity index (χ1n) is 10.0. The molecule has 6 heteroatoms. The molecule has 0 aliphatic heterocycles. The minimum Gasteiger partial charge on any atom is -0.497 e. The van der Waals surface area contributed by atoms with Crippen molar-refractivity contribution < 1.29 is 24.2 Å². The van der Waals surface area contributed by atoms with Crippen molar-refractivity contribution in [3.8, 4) is 16.9 Å². The van der Waals surface area contributed by atoms with Crippen LogP contribution in [0.4, 0.5) is 4.79 Å². The Balaban J connectivity index is 1.39. The van der Waals surface area contributed by atoms with Gasteiger partial charge in [0.1, 0.15) is 12.4 Å². The number of benzene rings is 3. The smallest absolute Gasteiger partial charge is 0.407 e. The van der Waals surface area contributed by atoms with Crippen molar-refractivity contribution in [2.45, 2.75) is 11.8 Å². The minimum atomic E-state index is -1.02. The van der Waals surface area contributed by atoms with Crippen molar-refractivity contribution in [3.63, 3.8) is 0 Å². The summed E-state index contributed by atoms with van der Waals surface area (Å²) < 4.78 is 10.6. The van der Waals surface area contributed by atoms with Gasteiger partial charge in [0.15, 0.2) is 0 Å². The molecule has 0 aromatic heterocycles. The fourth-order valence-corrected chi connectivity index (χ4v) is 4.02. The van der Waals surface area contributed by atoms with Crippen LogP contribution in [0.3, 0.4) is 0 Å². The molecule has 1 aliphatic rings. The van der Waals surface area contributed by atoms with Crippen molar-refractivity contribution in [2.75, 3.05) is 20.3 Å². The van der Waals surface area contributed by atoms with Gasteiger partial charge in [0.2, 0.25) is 0 Å². The summed E-state index contributed by atoms with van der Waals surface area (Å²) in [5.74, 6) is -1.32. The fraction of sp³-hybridized carbons (Fsp3) is 0.200. The first-order valence-corrected chi connectivity index (χ1v) is 10.0. The maximum Gasteiger partial charge on any atom is 0.407 e. The molecule has 0 fully saturated rings. The van der Waals surface area contributed by atoms with Gasteiger partial charge in [0.05, 0.1) is 13.0 Å². The number of alkyl carbamates (subject to hydrolysis) is 1. The third-order valence-electron chi connectivity index (χ3n) is 5.61. The average molecular weight is 417 g/mol. The number of aliphatic carboxylic acids is 1. The van der Waals surface area contributed by atoms with Gasteiger partial charge >= 0.3 is 12.1 Å². The number of rotatable bonds is 7. The summed E-state index contributed by atoms with van der Waals surface area (Å²) in [4.78, 5) is 24.0. The number of carbonyl (C=O) groups excluding carboxylic acids is 1.